The summed E-state index contributed by atoms with van der Waals surface area (Å²) in [4.78, 5) is 27.0. The van der Waals surface area contributed by atoms with Crippen LogP contribution in [0.2, 0.25) is 0 Å². The van der Waals surface area contributed by atoms with Crippen molar-refractivity contribution < 1.29 is 9.59 Å². The van der Waals surface area contributed by atoms with Gasteiger partial charge in [-0.25, -0.2) is 0 Å². The van der Waals surface area contributed by atoms with Crippen LogP contribution < -0.4 is 0 Å². The Balaban J connectivity index is 1.45. The predicted octanol–water partition coefficient (Wildman–Crippen LogP) is 3.36. The Hall–Kier alpha value is -3.02. The van der Waals surface area contributed by atoms with Gasteiger partial charge in [0.05, 0.1) is 6.04 Å². The van der Waals surface area contributed by atoms with Gasteiger partial charge in [0, 0.05) is 31.1 Å². The summed E-state index contributed by atoms with van der Waals surface area (Å²) in [5, 5.41) is 8.51. The van der Waals surface area contributed by atoms with Gasteiger partial charge in [-0.05, 0) is 31.9 Å². The molecular formula is C21H22N4O2. The van der Waals surface area contributed by atoms with E-state index >= 15 is 0 Å². The van der Waals surface area contributed by atoms with Crippen LogP contribution in [-0.4, -0.2) is 37.7 Å². The number of carbonyl (C=O) groups is 2. The zero-order valence-electron chi connectivity index (χ0n) is 15.3. The van der Waals surface area contributed by atoms with Gasteiger partial charge < -0.3 is 4.90 Å². The van der Waals surface area contributed by atoms with E-state index in [-0.39, 0.29) is 30.6 Å². The van der Waals surface area contributed by atoms with E-state index in [0.29, 0.717) is 12.1 Å². The Kier molecular flexibility index (Phi) is 4.71. The molecule has 1 fully saturated rings. The average molecular weight is 362 g/mol. The molecule has 1 aliphatic rings. The molecule has 0 spiro atoms. The van der Waals surface area contributed by atoms with E-state index in [1.807, 2.05) is 64.9 Å². The number of rotatable bonds is 5. The number of Topliss-reactive ketones (excluding diaryl/α,β-unsaturated/α-hetero) is 1. The topological polar surface area (TPSA) is 67.6 Å². The Bertz CT molecular complexity index is 977. The van der Waals surface area contributed by atoms with E-state index in [9.17, 15) is 9.59 Å². The first-order valence-corrected chi connectivity index (χ1v) is 9.32. The first-order valence-electron chi connectivity index (χ1n) is 9.32. The van der Waals surface area contributed by atoms with Crippen LogP contribution in [0.4, 0.5) is 0 Å². The minimum absolute atomic E-state index is 0.00522. The average Bonchev–Trinajstić information content (AvgIpc) is 3.33. The van der Waals surface area contributed by atoms with Crippen molar-refractivity contribution in [2.24, 2.45) is 0 Å². The van der Waals surface area contributed by atoms with Crippen LogP contribution in [0.3, 0.4) is 0 Å². The quantitative estimate of drug-likeness (QED) is 0.653. The van der Waals surface area contributed by atoms with Gasteiger partial charge in [0.15, 0.2) is 17.3 Å². The maximum absolute atomic E-state index is 12.8. The number of fused-ring (bicyclic) bond motifs is 1. The molecule has 6 nitrogen and oxygen atoms in total. The van der Waals surface area contributed by atoms with E-state index in [4.69, 9.17) is 0 Å². The van der Waals surface area contributed by atoms with Crippen LogP contribution in [0.1, 0.15) is 53.5 Å². The zero-order valence-corrected chi connectivity index (χ0v) is 15.3. The molecule has 3 aromatic rings. The molecule has 1 amide bonds. The third-order valence-electron chi connectivity index (χ3n) is 5.15. The molecule has 0 aliphatic carbocycles. The number of ketones is 1. The van der Waals surface area contributed by atoms with Gasteiger partial charge in [0.1, 0.15) is 0 Å². The molecule has 27 heavy (non-hydrogen) atoms. The molecule has 0 bridgehead atoms. The largest absolute Gasteiger partial charge is 0.332 e. The number of nitrogens with zero attached hydrogens (tertiary/aromatic N) is 4. The van der Waals surface area contributed by atoms with Gasteiger partial charge in [0.2, 0.25) is 5.91 Å². The highest BCUT2D eigenvalue weighted by molar-refractivity contribution is 5.98. The summed E-state index contributed by atoms with van der Waals surface area (Å²) in [6, 6.07) is 13.2. The van der Waals surface area contributed by atoms with Gasteiger partial charge in [-0.3, -0.25) is 14.0 Å². The number of carbonyl (C=O) groups excluding carboxylic acids is 2. The third kappa shape index (κ3) is 3.47. The number of pyridine rings is 1. The zero-order chi connectivity index (χ0) is 18.8. The standard InChI is InChI=1S/C21H22N4O2/c1-15-7-9-16(10-8-15)18(26)11-12-20(27)24-14-4-5-17(24)21-23-22-19-6-2-3-13-25(19)21/h2-3,6-10,13,17H,4-5,11-12,14H2,1H3/t17-/m1/s1. The molecule has 0 saturated carbocycles. The van der Waals surface area contributed by atoms with Crippen LogP contribution in [0.25, 0.3) is 5.65 Å². The Morgan fingerprint density at radius 1 is 1.07 bits per heavy atom. The molecule has 1 aliphatic heterocycles. The lowest BCUT2D eigenvalue weighted by atomic mass is 10.0. The molecule has 1 saturated heterocycles. The van der Waals surface area contributed by atoms with E-state index in [2.05, 4.69) is 10.2 Å². The number of hydrogen-bond donors (Lipinski definition) is 0. The first-order chi connectivity index (χ1) is 13.1. The summed E-state index contributed by atoms with van der Waals surface area (Å²) >= 11 is 0. The maximum Gasteiger partial charge on any atom is 0.223 e. The number of hydrogen-bond acceptors (Lipinski definition) is 4. The molecule has 0 unspecified atom stereocenters. The summed E-state index contributed by atoms with van der Waals surface area (Å²) in [5.74, 6) is 0.805. The Labute approximate surface area is 157 Å². The maximum atomic E-state index is 12.8. The molecule has 138 valence electrons. The molecule has 3 heterocycles. The second-order valence-electron chi connectivity index (χ2n) is 7.02. The number of benzene rings is 1. The second-order valence-corrected chi connectivity index (χ2v) is 7.02. The molecule has 1 aromatic carbocycles. The lowest BCUT2D eigenvalue weighted by molar-refractivity contribution is -0.132. The molecule has 6 heteroatoms. The van der Waals surface area contributed by atoms with Crippen molar-refractivity contribution in [3.05, 3.63) is 65.6 Å². The van der Waals surface area contributed by atoms with Crippen LogP contribution in [0, 0.1) is 6.92 Å². The minimum Gasteiger partial charge on any atom is -0.332 e. The summed E-state index contributed by atoms with van der Waals surface area (Å²) in [6.07, 6.45) is 4.18. The van der Waals surface area contributed by atoms with Crippen molar-refractivity contribution in [3.63, 3.8) is 0 Å². The van der Waals surface area contributed by atoms with Crippen LogP contribution in [0.15, 0.2) is 48.7 Å². The van der Waals surface area contributed by atoms with Crippen molar-refractivity contribution in [2.75, 3.05) is 6.54 Å². The Morgan fingerprint density at radius 3 is 2.70 bits per heavy atom. The van der Waals surface area contributed by atoms with Crippen molar-refractivity contribution in [1.29, 1.82) is 0 Å². The van der Waals surface area contributed by atoms with Crippen LogP contribution >= 0.6 is 0 Å². The lowest BCUT2D eigenvalue weighted by Crippen LogP contribution is -2.31. The molecule has 0 N–H and O–H groups in total. The smallest absolute Gasteiger partial charge is 0.223 e. The highest BCUT2D eigenvalue weighted by Crippen LogP contribution is 2.31. The number of aryl methyl sites for hydroxylation is 1. The molecule has 0 radical (unpaired) electrons. The lowest BCUT2D eigenvalue weighted by Gasteiger charge is -2.23. The third-order valence-corrected chi connectivity index (χ3v) is 5.15. The van der Waals surface area contributed by atoms with Crippen LogP contribution in [0.5, 0.6) is 0 Å². The first kappa shape index (κ1) is 17.4. The highest BCUT2D eigenvalue weighted by atomic mass is 16.2. The molecule has 1 atom stereocenters. The fourth-order valence-corrected chi connectivity index (χ4v) is 3.67. The Morgan fingerprint density at radius 2 is 1.89 bits per heavy atom. The van der Waals surface area contributed by atoms with E-state index < -0.39 is 0 Å². The van der Waals surface area contributed by atoms with Crippen molar-refractivity contribution in [1.82, 2.24) is 19.5 Å². The van der Waals surface area contributed by atoms with E-state index in [0.717, 1.165) is 29.9 Å². The predicted molar refractivity (Wildman–Crippen MR) is 101 cm³/mol. The normalized spacial score (nSPS) is 16.8. The molecule has 2 aromatic heterocycles. The van der Waals surface area contributed by atoms with Gasteiger partial charge in [0.25, 0.3) is 0 Å². The van der Waals surface area contributed by atoms with Crippen molar-refractivity contribution >= 4 is 17.3 Å². The summed E-state index contributed by atoms with van der Waals surface area (Å²) < 4.78 is 1.94. The highest BCUT2D eigenvalue weighted by Gasteiger charge is 2.33. The van der Waals surface area contributed by atoms with Crippen LogP contribution in [-0.2, 0) is 4.79 Å². The van der Waals surface area contributed by atoms with Gasteiger partial charge in [-0.15, -0.1) is 10.2 Å². The van der Waals surface area contributed by atoms with Gasteiger partial charge in [-0.2, -0.15) is 0 Å². The monoisotopic (exact) mass is 362 g/mol. The van der Waals surface area contributed by atoms with E-state index in [1.54, 1.807) is 0 Å². The van der Waals surface area contributed by atoms with E-state index in [1.165, 1.54) is 0 Å². The molecule has 4 rings (SSSR count). The second kappa shape index (κ2) is 7.31. The number of aromatic nitrogens is 3. The summed E-state index contributed by atoms with van der Waals surface area (Å²) in [6.45, 7) is 2.68. The fraction of sp³-hybridized carbons (Fsp3) is 0.333. The number of likely N-dealkylation sites (tertiary alicyclic amines) is 1. The van der Waals surface area contributed by atoms with Crippen molar-refractivity contribution in [3.8, 4) is 0 Å². The van der Waals surface area contributed by atoms with Gasteiger partial charge in [-0.1, -0.05) is 35.9 Å². The summed E-state index contributed by atoms with van der Waals surface area (Å²) in [7, 11) is 0. The minimum atomic E-state index is -0.0793. The molecular weight excluding hydrogens is 340 g/mol. The number of amides is 1. The van der Waals surface area contributed by atoms with Crippen molar-refractivity contribution in [2.45, 2.75) is 38.6 Å². The summed E-state index contributed by atoms with van der Waals surface area (Å²) in [5.41, 5.74) is 2.55. The SMILES string of the molecule is Cc1ccc(C(=O)CCC(=O)N2CCC[C@@H]2c2nnc3ccccn23)cc1. The fourth-order valence-electron chi connectivity index (χ4n) is 3.67. The van der Waals surface area contributed by atoms with Gasteiger partial charge >= 0.3 is 0 Å².